The van der Waals surface area contributed by atoms with Crippen molar-refractivity contribution in [2.24, 2.45) is 11.8 Å². The van der Waals surface area contributed by atoms with Gasteiger partial charge in [0, 0.05) is 32.1 Å². The Morgan fingerprint density at radius 3 is 1.95 bits per heavy atom. The van der Waals surface area contributed by atoms with Crippen LogP contribution in [0.5, 0.6) is 0 Å². The van der Waals surface area contributed by atoms with E-state index in [2.05, 4.69) is 17.2 Å². The highest BCUT2D eigenvalue weighted by Gasteiger charge is 2.32. The number of rotatable bonds is 0. The highest BCUT2D eigenvalue weighted by molar-refractivity contribution is 5.85. The van der Waals surface area contributed by atoms with E-state index >= 15 is 0 Å². The molecule has 2 saturated heterocycles. The molecule has 0 unspecified atom stereocenters. The summed E-state index contributed by atoms with van der Waals surface area (Å²) in [7, 11) is 0. The predicted octanol–water partition coefficient (Wildman–Crippen LogP) is 1.75. The molecule has 2 heterocycles. The van der Waals surface area contributed by atoms with Gasteiger partial charge in [0.2, 0.25) is 0 Å². The Bertz CT molecular complexity index is 394. The molecule has 1 amide bonds. The zero-order valence-corrected chi connectivity index (χ0v) is 13.1. The number of terminal acetylenes is 2. The van der Waals surface area contributed by atoms with Crippen LogP contribution in [0.3, 0.4) is 0 Å². The molecule has 20 heavy (non-hydrogen) atoms. The van der Waals surface area contributed by atoms with Crippen LogP contribution in [0, 0.1) is 36.5 Å². The topological polar surface area (TPSA) is 41.6 Å². The van der Waals surface area contributed by atoms with E-state index in [-0.39, 0.29) is 24.4 Å². The maximum atomic E-state index is 11.3. The Kier molecular flexibility index (Phi) is 7.50. The molecule has 4 nitrogen and oxygen atoms in total. The van der Waals surface area contributed by atoms with Crippen molar-refractivity contribution in [3.05, 3.63) is 0 Å². The van der Waals surface area contributed by atoms with Crippen LogP contribution in [0.25, 0.3) is 0 Å². The van der Waals surface area contributed by atoms with Crippen molar-refractivity contribution in [2.45, 2.75) is 26.4 Å². The molecule has 2 fully saturated rings. The van der Waals surface area contributed by atoms with E-state index in [0.717, 1.165) is 13.1 Å². The molecule has 0 aromatic rings. The van der Waals surface area contributed by atoms with Gasteiger partial charge in [-0.2, -0.15) is 0 Å². The van der Waals surface area contributed by atoms with Crippen molar-refractivity contribution >= 4 is 18.5 Å². The minimum Gasteiger partial charge on any atom is -0.444 e. The van der Waals surface area contributed by atoms with Crippen LogP contribution >= 0.6 is 12.4 Å². The number of carbonyl (C=O) groups is 1. The number of ether oxygens (including phenoxy) is 1. The number of likely N-dealkylation sites (tertiary alicyclic amines) is 1. The molecule has 0 spiro atoms. The lowest BCUT2D eigenvalue weighted by atomic mass is 10.0. The molecule has 1 N–H and O–H groups in total. The van der Waals surface area contributed by atoms with Crippen LogP contribution in [0.2, 0.25) is 0 Å². The van der Waals surface area contributed by atoms with Crippen molar-refractivity contribution in [1.82, 2.24) is 10.2 Å². The average molecular weight is 299 g/mol. The summed E-state index contributed by atoms with van der Waals surface area (Å²) in [6.07, 6.45) is 9.97. The molecule has 0 aromatic carbocycles. The fraction of sp³-hybridized carbons (Fsp3) is 0.667. The van der Waals surface area contributed by atoms with E-state index in [1.165, 1.54) is 0 Å². The molecule has 0 aliphatic carbocycles. The lowest BCUT2D eigenvalue weighted by Crippen LogP contribution is -2.51. The lowest BCUT2D eigenvalue weighted by Gasteiger charge is -2.37. The summed E-state index contributed by atoms with van der Waals surface area (Å²) in [4.78, 5) is 13.0. The second kappa shape index (κ2) is 8.04. The van der Waals surface area contributed by atoms with E-state index in [1.807, 2.05) is 20.8 Å². The Morgan fingerprint density at radius 1 is 1.20 bits per heavy atom. The van der Waals surface area contributed by atoms with Gasteiger partial charge >= 0.3 is 6.09 Å². The standard InChI is InChI=1S/C10H15NO2.C5H7N.ClH/c1-5-8-6-11(7-8)9(12)13-10(2,3)4;1-2-5-3-6-4-5;/h1,8H,6-7H2,2-4H3;1,5-6H,3-4H2;1H. The summed E-state index contributed by atoms with van der Waals surface area (Å²) in [5.74, 6) is 5.99. The predicted molar refractivity (Wildman–Crippen MR) is 82.6 cm³/mol. The van der Waals surface area contributed by atoms with Crippen molar-refractivity contribution in [1.29, 1.82) is 0 Å². The quantitative estimate of drug-likeness (QED) is 0.693. The normalized spacial score (nSPS) is 17.9. The molecule has 0 radical (unpaired) electrons. The largest absolute Gasteiger partial charge is 0.444 e. The smallest absolute Gasteiger partial charge is 0.410 e. The van der Waals surface area contributed by atoms with Gasteiger partial charge < -0.3 is 15.0 Å². The summed E-state index contributed by atoms with van der Waals surface area (Å²) >= 11 is 0. The summed E-state index contributed by atoms with van der Waals surface area (Å²) in [6, 6.07) is 0. The average Bonchev–Trinajstić information content (AvgIpc) is 2.11. The van der Waals surface area contributed by atoms with Crippen LogP contribution in [0.1, 0.15) is 20.8 Å². The molecule has 2 rings (SSSR count). The second-order valence-electron chi connectivity index (χ2n) is 5.77. The van der Waals surface area contributed by atoms with Gasteiger partial charge in [0.1, 0.15) is 5.60 Å². The van der Waals surface area contributed by atoms with Gasteiger partial charge in [0.05, 0.1) is 5.92 Å². The van der Waals surface area contributed by atoms with E-state index in [9.17, 15) is 4.79 Å². The van der Waals surface area contributed by atoms with E-state index in [4.69, 9.17) is 17.6 Å². The molecule has 0 atom stereocenters. The van der Waals surface area contributed by atoms with Gasteiger partial charge in [-0.05, 0) is 20.8 Å². The number of carbonyl (C=O) groups excluding carboxylic acids is 1. The van der Waals surface area contributed by atoms with Crippen molar-refractivity contribution in [3.8, 4) is 24.7 Å². The molecule has 0 aromatic heterocycles. The Balaban J connectivity index is 0.000000434. The van der Waals surface area contributed by atoms with Crippen molar-refractivity contribution in [3.63, 3.8) is 0 Å². The summed E-state index contributed by atoms with van der Waals surface area (Å²) < 4.78 is 5.15. The third-order valence-corrected chi connectivity index (χ3v) is 2.79. The van der Waals surface area contributed by atoms with Crippen LogP contribution in [-0.4, -0.2) is 42.8 Å². The first kappa shape index (κ1) is 18.6. The number of hydrogen-bond acceptors (Lipinski definition) is 3. The number of nitrogens with zero attached hydrogens (tertiary/aromatic N) is 1. The van der Waals surface area contributed by atoms with Gasteiger partial charge in [-0.15, -0.1) is 31.2 Å². The maximum absolute atomic E-state index is 11.3. The molecule has 5 heteroatoms. The lowest BCUT2D eigenvalue weighted by molar-refractivity contribution is 0.00594. The van der Waals surface area contributed by atoms with Gasteiger partial charge in [-0.3, -0.25) is 0 Å². The monoisotopic (exact) mass is 298 g/mol. The van der Waals surface area contributed by atoms with Crippen molar-refractivity contribution < 1.29 is 9.53 Å². The SMILES string of the molecule is C#CC1CN(C(=O)OC(C)(C)C)C1.C#CC1CNC1.Cl. The molecule has 0 bridgehead atoms. The van der Waals surface area contributed by atoms with Gasteiger partial charge in [0.25, 0.3) is 0 Å². The highest BCUT2D eigenvalue weighted by atomic mass is 35.5. The number of amides is 1. The van der Waals surface area contributed by atoms with Crippen LogP contribution in [0.4, 0.5) is 4.79 Å². The first-order valence-electron chi connectivity index (χ1n) is 6.46. The fourth-order valence-electron chi connectivity index (χ4n) is 1.47. The number of halogens is 1. The van der Waals surface area contributed by atoms with Crippen LogP contribution < -0.4 is 5.32 Å². The zero-order chi connectivity index (χ0) is 14.5. The van der Waals surface area contributed by atoms with Gasteiger partial charge in [-0.1, -0.05) is 5.92 Å². The summed E-state index contributed by atoms with van der Waals surface area (Å²) in [5.41, 5.74) is -0.418. The fourth-order valence-corrected chi connectivity index (χ4v) is 1.47. The van der Waals surface area contributed by atoms with E-state index < -0.39 is 5.60 Å². The van der Waals surface area contributed by atoms with Gasteiger partial charge in [0.15, 0.2) is 0 Å². The Hall–Kier alpha value is -1.36. The van der Waals surface area contributed by atoms with Gasteiger partial charge in [-0.25, -0.2) is 4.79 Å². The second-order valence-corrected chi connectivity index (χ2v) is 5.77. The molecular formula is C15H23ClN2O2. The van der Waals surface area contributed by atoms with Crippen LogP contribution in [-0.2, 0) is 4.74 Å². The third-order valence-electron chi connectivity index (χ3n) is 2.79. The maximum Gasteiger partial charge on any atom is 0.410 e. The Labute approximate surface area is 128 Å². The molecule has 2 aliphatic heterocycles. The third kappa shape index (κ3) is 6.19. The van der Waals surface area contributed by atoms with E-state index in [0.29, 0.717) is 19.0 Å². The number of nitrogens with one attached hydrogen (secondary N) is 1. The van der Waals surface area contributed by atoms with E-state index in [1.54, 1.807) is 4.90 Å². The minimum atomic E-state index is -0.418. The summed E-state index contributed by atoms with van der Waals surface area (Å²) in [5, 5.41) is 3.07. The highest BCUT2D eigenvalue weighted by Crippen LogP contribution is 2.18. The first-order valence-corrected chi connectivity index (χ1v) is 6.46. The first-order chi connectivity index (χ1) is 8.85. The zero-order valence-electron chi connectivity index (χ0n) is 12.3. The summed E-state index contributed by atoms with van der Waals surface area (Å²) in [6.45, 7) is 8.86. The molecule has 112 valence electrons. The van der Waals surface area contributed by atoms with Crippen LogP contribution in [0.15, 0.2) is 0 Å². The minimum absolute atomic E-state index is 0. The molecule has 0 saturated carbocycles. The number of hydrogen-bond donors (Lipinski definition) is 1. The van der Waals surface area contributed by atoms with Crippen molar-refractivity contribution in [2.75, 3.05) is 26.2 Å². The Morgan fingerprint density at radius 2 is 1.70 bits per heavy atom. The molecular weight excluding hydrogens is 276 g/mol. The molecule has 2 aliphatic rings.